The van der Waals surface area contributed by atoms with E-state index in [1.54, 1.807) is 24.3 Å². The molecule has 0 bridgehead atoms. The molecule has 9 heteroatoms. The molecule has 3 rings (SSSR count). The van der Waals surface area contributed by atoms with Gasteiger partial charge in [0.1, 0.15) is 0 Å². The van der Waals surface area contributed by atoms with Crippen LogP contribution < -0.4 is 10.6 Å². The molecule has 0 atom stereocenters. The number of anilines is 1. The second kappa shape index (κ2) is 9.32. The highest BCUT2D eigenvalue weighted by atomic mass is 19.4. The number of carbonyl (C=O) groups excluding carboxylic acids is 1. The van der Waals surface area contributed by atoms with Crippen LogP contribution in [0.3, 0.4) is 0 Å². The van der Waals surface area contributed by atoms with Crippen LogP contribution in [-0.4, -0.2) is 22.2 Å². The van der Waals surface area contributed by atoms with Crippen molar-refractivity contribution in [1.82, 2.24) is 10.5 Å². The first-order valence-electron chi connectivity index (χ1n) is 9.59. The fourth-order valence-electron chi connectivity index (χ4n) is 2.88. The van der Waals surface area contributed by atoms with E-state index in [1.807, 2.05) is 13.8 Å². The predicted octanol–water partition coefficient (Wildman–Crippen LogP) is 4.60. The second-order valence-corrected chi connectivity index (χ2v) is 7.26. The molecule has 1 amide bonds. The van der Waals surface area contributed by atoms with Crippen molar-refractivity contribution in [3.8, 4) is 11.3 Å². The zero-order chi connectivity index (χ0) is 22.6. The van der Waals surface area contributed by atoms with E-state index in [-0.39, 0.29) is 30.6 Å². The summed E-state index contributed by atoms with van der Waals surface area (Å²) >= 11 is 0. The lowest BCUT2D eigenvalue weighted by Crippen LogP contribution is -2.24. The normalized spacial score (nSPS) is 11.7. The van der Waals surface area contributed by atoms with Crippen LogP contribution in [0.4, 0.5) is 18.9 Å². The first kappa shape index (κ1) is 22.5. The number of aliphatic hydroxyl groups excluding tert-OH is 1. The van der Waals surface area contributed by atoms with Crippen LogP contribution in [0.25, 0.3) is 11.3 Å². The van der Waals surface area contributed by atoms with Crippen molar-refractivity contribution in [2.75, 3.05) is 5.32 Å². The summed E-state index contributed by atoms with van der Waals surface area (Å²) in [5, 5.41) is 18.9. The first-order chi connectivity index (χ1) is 14.7. The van der Waals surface area contributed by atoms with Crippen LogP contribution in [0.5, 0.6) is 0 Å². The minimum Gasteiger partial charge on any atom is -0.392 e. The molecule has 2 aromatic carbocycles. The molecular formula is C22H22F3N3O3. The minimum absolute atomic E-state index is 0.0364. The van der Waals surface area contributed by atoms with Gasteiger partial charge in [-0.25, -0.2) is 0 Å². The summed E-state index contributed by atoms with van der Waals surface area (Å²) < 4.78 is 44.0. The van der Waals surface area contributed by atoms with Crippen molar-refractivity contribution >= 4 is 11.6 Å². The van der Waals surface area contributed by atoms with E-state index in [0.29, 0.717) is 22.4 Å². The maximum Gasteiger partial charge on any atom is 0.416 e. The fourth-order valence-corrected chi connectivity index (χ4v) is 2.88. The largest absolute Gasteiger partial charge is 0.416 e. The van der Waals surface area contributed by atoms with E-state index < -0.39 is 17.6 Å². The lowest BCUT2D eigenvalue weighted by molar-refractivity contribution is -0.137. The van der Waals surface area contributed by atoms with Gasteiger partial charge in [-0.05, 0) is 29.8 Å². The number of carbonyl (C=O) groups is 1. The van der Waals surface area contributed by atoms with Gasteiger partial charge < -0.3 is 20.3 Å². The van der Waals surface area contributed by atoms with Crippen LogP contribution in [0, 0.1) is 0 Å². The van der Waals surface area contributed by atoms with Crippen LogP contribution in [0.1, 0.15) is 41.0 Å². The van der Waals surface area contributed by atoms with Gasteiger partial charge in [0.15, 0.2) is 11.5 Å². The van der Waals surface area contributed by atoms with Gasteiger partial charge in [-0.15, -0.1) is 0 Å². The zero-order valence-corrected chi connectivity index (χ0v) is 17.0. The Morgan fingerprint density at radius 2 is 1.74 bits per heavy atom. The molecule has 3 aromatic rings. The number of amides is 1. The summed E-state index contributed by atoms with van der Waals surface area (Å²) in [6.45, 7) is 3.98. The van der Waals surface area contributed by atoms with Crippen molar-refractivity contribution in [3.05, 3.63) is 70.9 Å². The summed E-state index contributed by atoms with van der Waals surface area (Å²) in [7, 11) is 0. The SMILES string of the molecule is CC(C)NCc1c(C(=O)Nc2ccc(CO)cc2)noc1-c1ccc(C(F)(F)F)cc1. The number of halogens is 3. The molecule has 0 spiro atoms. The highest BCUT2D eigenvalue weighted by Crippen LogP contribution is 2.33. The monoisotopic (exact) mass is 433 g/mol. The summed E-state index contributed by atoms with van der Waals surface area (Å²) in [4.78, 5) is 12.8. The van der Waals surface area contributed by atoms with E-state index in [0.717, 1.165) is 12.1 Å². The maximum absolute atomic E-state index is 12.9. The Hall–Kier alpha value is -3.17. The molecule has 6 nitrogen and oxygen atoms in total. The van der Waals surface area contributed by atoms with Crippen LogP contribution in [0.15, 0.2) is 53.1 Å². The van der Waals surface area contributed by atoms with Crippen molar-refractivity contribution < 1.29 is 27.6 Å². The number of alkyl halides is 3. The molecule has 0 fully saturated rings. The lowest BCUT2D eigenvalue weighted by atomic mass is 10.0. The van der Waals surface area contributed by atoms with Gasteiger partial charge in [-0.3, -0.25) is 4.79 Å². The van der Waals surface area contributed by atoms with E-state index in [4.69, 9.17) is 9.63 Å². The van der Waals surface area contributed by atoms with Crippen molar-refractivity contribution in [3.63, 3.8) is 0 Å². The zero-order valence-electron chi connectivity index (χ0n) is 17.0. The Bertz CT molecular complexity index is 1030. The number of hydrogen-bond donors (Lipinski definition) is 3. The topological polar surface area (TPSA) is 87.4 Å². The first-order valence-corrected chi connectivity index (χ1v) is 9.59. The number of nitrogens with zero attached hydrogens (tertiary/aromatic N) is 1. The van der Waals surface area contributed by atoms with Crippen LogP contribution in [0.2, 0.25) is 0 Å². The van der Waals surface area contributed by atoms with Gasteiger partial charge in [-0.1, -0.05) is 43.3 Å². The quantitative estimate of drug-likeness (QED) is 0.507. The molecule has 0 aliphatic rings. The van der Waals surface area contributed by atoms with Gasteiger partial charge in [0.05, 0.1) is 12.2 Å². The number of aromatic nitrogens is 1. The Morgan fingerprint density at radius 3 is 2.29 bits per heavy atom. The number of aliphatic hydroxyl groups is 1. The Labute approximate surface area is 177 Å². The van der Waals surface area contributed by atoms with Gasteiger partial charge in [0, 0.05) is 29.4 Å². The lowest BCUT2D eigenvalue weighted by Gasteiger charge is -2.10. The number of benzene rings is 2. The van der Waals surface area contributed by atoms with Gasteiger partial charge >= 0.3 is 6.18 Å². The third-order valence-corrected chi connectivity index (χ3v) is 4.56. The summed E-state index contributed by atoms with van der Waals surface area (Å²) in [6.07, 6.45) is -4.45. The molecule has 0 aliphatic heterocycles. The summed E-state index contributed by atoms with van der Waals surface area (Å²) in [5.41, 5.74) is 1.29. The van der Waals surface area contributed by atoms with E-state index in [1.165, 1.54) is 12.1 Å². The molecule has 0 unspecified atom stereocenters. The van der Waals surface area contributed by atoms with Crippen molar-refractivity contribution in [2.24, 2.45) is 0 Å². The third kappa shape index (κ3) is 5.50. The molecule has 1 aromatic heterocycles. The standard InChI is InChI=1S/C22H22F3N3O3/c1-13(2)26-11-18-19(21(30)27-17-9-3-14(12-29)4-10-17)28-31-20(18)15-5-7-16(8-6-15)22(23,24)25/h3-10,13,26,29H,11-12H2,1-2H3,(H,27,30). The smallest absolute Gasteiger partial charge is 0.392 e. The molecule has 0 saturated carbocycles. The van der Waals surface area contributed by atoms with Crippen molar-refractivity contribution in [1.29, 1.82) is 0 Å². The van der Waals surface area contributed by atoms with E-state index in [9.17, 15) is 18.0 Å². The van der Waals surface area contributed by atoms with Crippen LogP contribution in [-0.2, 0) is 19.3 Å². The molecule has 164 valence electrons. The van der Waals surface area contributed by atoms with Crippen molar-refractivity contribution in [2.45, 2.75) is 39.2 Å². The molecule has 0 saturated heterocycles. The molecule has 0 aliphatic carbocycles. The Kier molecular flexibility index (Phi) is 6.77. The van der Waals surface area contributed by atoms with Gasteiger partial charge in [0.25, 0.3) is 5.91 Å². The van der Waals surface area contributed by atoms with Crippen LogP contribution >= 0.6 is 0 Å². The van der Waals surface area contributed by atoms with E-state index >= 15 is 0 Å². The molecule has 0 radical (unpaired) electrons. The van der Waals surface area contributed by atoms with E-state index in [2.05, 4.69) is 15.8 Å². The highest BCUT2D eigenvalue weighted by Gasteiger charge is 2.30. The Balaban J connectivity index is 1.91. The third-order valence-electron chi connectivity index (χ3n) is 4.56. The fraction of sp³-hybridized carbons (Fsp3) is 0.273. The van der Waals surface area contributed by atoms with Gasteiger partial charge in [0.2, 0.25) is 0 Å². The van der Waals surface area contributed by atoms with Gasteiger partial charge in [-0.2, -0.15) is 13.2 Å². The average molecular weight is 433 g/mol. The molecular weight excluding hydrogens is 411 g/mol. The molecule has 3 N–H and O–H groups in total. The highest BCUT2D eigenvalue weighted by molar-refractivity contribution is 6.04. The number of hydrogen-bond acceptors (Lipinski definition) is 5. The summed E-state index contributed by atoms with van der Waals surface area (Å²) in [5.74, 6) is -0.290. The molecule has 1 heterocycles. The number of nitrogens with one attached hydrogen (secondary N) is 2. The Morgan fingerprint density at radius 1 is 1.10 bits per heavy atom. The number of rotatable bonds is 7. The second-order valence-electron chi connectivity index (χ2n) is 7.26. The summed E-state index contributed by atoms with van der Waals surface area (Å²) in [6, 6.07) is 11.2. The average Bonchev–Trinajstić information content (AvgIpc) is 3.16. The molecule has 31 heavy (non-hydrogen) atoms. The minimum atomic E-state index is -4.45. The predicted molar refractivity (Wildman–Crippen MR) is 109 cm³/mol. The maximum atomic E-state index is 12.9.